The molecular weight excluding hydrogens is 280 g/mol. The van der Waals surface area contributed by atoms with Gasteiger partial charge in [0.1, 0.15) is 0 Å². The molecule has 1 aliphatic rings. The lowest BCUT2D eigenvalue weighted by Gasteiger charge is -2.18. The minimum Gasteiger partial charge on any atom is -0.397 e. The van der Waals surface area contributed by atoms with Crippen molar-refractivity contribution < 1.29 is 8.42 Å². The van der Waals surface area contributed by atoms with Crippen molar-refractivity contribution in [3.8, 4) is 0 Å². The topological polar surface area (TPSA) is 63.4 Å². The Morgan fingerprint density at radius 1 is 1.40 bits per heavy atom. The molecule has 2 N–H and O–H groups in total. The number of nitrogen functional groups attached to an aromatic ring is 1. The summed E-state index contributed by atoms with van der Waals surface area (Å²) in [5.74, 6) is 0.211. The fourth-order valence-electron chi connectivity index (χ4n) is 1.66. The summed E-state index contributed by atoms with van der Waals surface area (Å²) in [6.07, 6.45) is 0.665. The van der Waals surface area contributed by atoms with Crippen molar-refractivity contribution in [1.82, 2.24) is 0 Å². The van der Waals surface area contributed by atoms with Crippen molar-refractivity contribution in [3.63, 3.8) is 0 Å². The van der Waals surface area contributed by atoms with Gasteiger partial charge in [0.05, 0.1) is 17.1 Å². The van der Waals surface area contributed by atoms with Crippen LogP contribution in [0.1, 0.15) is 6.42 Å². The fraction of sp³-hybridized carbons (Fsp3) is 0.333. The highest BCUT2D eigenvalue weighted by molar-refractivity contribution is 9.10. The van der Waals surface area contributed by atoms with Gasteiger partial charge in [-0.3, -0.25) is 4.31 Å². The molecule has 0 amide bonds. The molecule has 0 bridgehead atoms. The Kier molecular flexibility index (Phi) is 2.64. The largest absolute Gasteiger partial charge is 0.397 e. The van der Waals surface area contributed by atoms with Crippen LogP contribution in [0.25, 0.3) is 0 Å². The molecule has 1 heterocycles. The SMILES string of the molecule is Nc1cc(Br)ccc1N1CCCS1(=O)=O. The monoisotopic (exact) mass is 290 g/mol. The van der Waals surface area contributed by atoms with Crippen molar-refractivity contribution >= 4 is 37.3 Å². The van der Waals surface area contributed by atoms with Crippen LogP contribution in [0, 0.1) is 0 Å². The molecular formula is C9H11BrN2O2S. The van der Waals surface area contributed by atoms with Crippen LogP contribution in [0.15, 0.2) is 22.7 Å². The summed E-state index contributed by atoms with van der Waals surface area (Å²) in [7, 11) is -3.14. The number of rotatable bonds is 1. The molecule has 1 aromatic carbocycles. The van der Waals surface area contributed by atoms with E-state index in [4.69, 9.17) is 5.73 Å². The third-order valence-electron chi connectivity index (χ3n) is 2.36. The lowest BCUT2D eigenvalue weighted by atomic mass is 10.2. The zero-order valence-corrected chi connectivity index (χ0v) is 10.4. The van der Waals surface area contributed by atoms with Crippen LogP contribution in [0.5, 0.6) is 0 Å². The molecule has 15 heavy (non-hydrogen) atoms. The maximum absolute atomic E-state index is 11.7. The van der Waals surface area contributed by atoms with Crippen LogP contribution in [0.4, 0.5) is 11.4 Å². The zero-order valence-electron chi connectivity index (χ0n) is 7.98. The van der Waals surface area contributed by atoms with Gasteiger partial charge in [0, 0.05) is 11.0 Å². The molecule has 82 valence electrons. The Morgan fingerprint density at radius 2 is 2.13 bits per heavy atom. The number of nitrogens with two attached hydrogens (primary N) is 1. The predicted octanol–water partition coefficient (Wildman–Crippen LogP) is 1.57. The molecule has 2 rings (SSSR count). The lowest BCUT2D eigenvalue weighted by molar-refractivity contribution is 0.599. The molecule has 0 unspecified atom stereocenters. The first kappa shape index (κ1) is 10.8. The molecule has 1 aromatic rings. The first-order valence-electron chi connectivity index (χ1n) is 4.56. The highest BCUT2D eigenvalue weighted by Gasteiger charge is 2.29. The average Bonchev–Trinajstić information content (AvgIpc) is 2.46. The zero-order chi connectivity index (χ0) is 11.1. The summed E-state index contributed by atoms with van der Waals surface area (Å²) < 4.78 is 25.5. The highest BCUT2D eigenvalue weighted by atomic mass is 79.9. The minimum absolute atomic E-state index is 0.211. The van der Waals surface area contributed by atoms with Crippen molar-refractivity contribution in [2.45, 2.75) is 6.42 Å². The van der Waals surface area contributed by atoms with E-state index in [1.54, 1.807) is 18.2 Å². The van der Waals surface area contributed by atoms with E-state index < -0.39 is 10.0 Å². The Balaban J connectivity index is 2.46. The van der Waals surface area contributed by atoms with Gasteiger partial charge in [-0.05, 0) is 24.6 Å². The quantitative estimate of drug-likeness (QED) is 0.799. The van der Waals surface area contributed by atoms with Gasteiger partial charge in [-0.2, -0.15) is 0 Å². The summed E-state index contributed by atoms with van der Waals surface area (Å²) in [6.45, 7) is 0.522. The Labute approximate surface area is 97.2 Å². The van der Waals surface area contributed by atoms with Crippen LogP contribution >= 0.6 is 15.9 Å². The van der Waals surface area contributed by atoms with Gasteiger partial charge in [0.25, 0.3) is 0 Å². The van der Waals surface area contributed by atoms with Crippen LogP contribution in [-0.4, -0.2) is 20.7 Å². The van der Waals surface area contributed by atoms with E-state index in [-0.39, 0.29) is 5.75 Å². The number of halogens is 1. The average molecular weight is 291 g/mol. The lowest BCUT2D eigenvalue weighted by Crippen LogP contribution is -2.25. The highest BCUT2D eigenvalue weighted by Crippen LogP contribution is 2.31. The maximum atomic E-state index is 11.7. The smallest absolute Gasteiger partial charge is 0.235 e. The van der Waals surface area contributed by atoms with Crippen molar-refractivity contribution in [3.05, 3.63) is 22.7 Å². The van der Waals surface area contributed by atoms with Gasteiger partial charge in [0.15, 0.2) is 0 Å². The standard InChI is InChI=1S/C9H11BrN2O2S/c10-7-2-3-9(8(11)6-7)12-4-1-5-15(12,13)14/h2-3,6H,1,4-5,11H2. The van der Waals surface area contributed by atoms with Gasteiger partial charge < -0.3 is 5.73 Å². The van der Waals surface area contributed by atoms with E-state index in [2.05, 4.69) is 15.9 Å². The van der Waals surface area contributed by atoms with E-state index in [0.717, 1.165) is 4.47 Å². The normalized spacial score (nSPS) is 19.4. The first-order valence-corrected chi connectivity index (χ1v) is 6.96. The molecule has 1 fully saturated rings. The molecule has 0 aromatic heterocycles. The number of hydrogen-bond donors (Lipinski definition) is 1. The minimum atomic E-state index is -3.14. The summed E-state index contributed by atoms with van der Waals surface area (Å²) in [5, 5.41) is 0. The number of benzene rings is 1. The second kappa shape index (κ2) is 3.68. The van der Waals surface area contributed by atoms with E-state index in [1.165, 1.54) is 4.31 Å². The maximum Gasteiger partial charge on any atom is 0.235 e. The number of sulfonamides is 1. The molecule has 0 atom stereocenters. The van der Waals surface area contributed by atoms with Crippen LogP contribution in [0.3, 0.4) is 0 Å². The van der Waals surface area contributed by atoms with Gasteiger partial charge >= 0.3 is 0 Å². The van der Waals surface area contributed by atoms with E-state index in [1.807, 2.05) is 0 Å². The fourth-order valence-corrected chi connectivity index (χ4v) is 3.63. The summed E-state index contributed by atoms with van der Waals surface area (Å²) in [5.41, 5.74) is 6.85. The Morgan fingerprint density at radius 3 is 2.67 bits per heavy atom. The number of nitrogens with zero attached hydrogens (tertiary/aromatic N) is 1. The van der Waals surface area contributed by atoms with Crippen LogP contribution < -0.4 is 10.0 Å². The molecule has 1 saturated heterocycles. The van der Waals surface area contributed by atoms with Crippen molar-refractivity contribution in [2.75, 3.05) is 22.3 Å². The van der Waals surface area contributed by atoms with Gasteiger partial charge in [-0.25, -0.2) is 8.42 Å². The Hall–Kier alpha value is -0.750. The molecule has 0 saturated carbocycles. The molecule has 0 radical (unpaired) electrons. The number of hydrogen-bond acceptors (Lipinski definition) is 3. The van der Waals surface area contributed by atoms with E-state index in [0.29, 0.717) is 24.3 Å². The van der Waals surface area contributed by atoms with Gasteiger partial charge in [0.2, 0.25) is 10.0 Å². The second-order valence-electron chi connectivity index (χ2n) is 3.44. The van der Waals surface area contributed by atoms with Gasteiger partial charge in [-0.15, -0.1) is 0 Å². The molecule has 4 nitrogen and oxygen atoms in total. The molecule has 0 spiro atoms. The van der Waals surface area contributed by atoms with Crippen molar-refractivity contribution in [1.29, 1.82) is 0 Å². The molecule has 6 heteroatoms. The second-order valence-corrected chi connectivity index (χ2v) is 6.37. The summed E-state index contributed by atoms with van der Waals surface area (Å²) >= 11 is 3.29. The number of anilines is 2. The predicted molar refractivity (Wildman–Crippen MR) is 64.3 cm³/mol. The summed E-state index contributed by atoms with van der Waals surface area (Å²) in [6, 6.07) is 5.23. The van der Waals surface area contributed by atoms with Crippen LogP contribution in [0.2, 0.25) is 0 Å². The third-order valence-corrected chi connectivity index (χ3v) is 4.71. The third kappa shape index (κ3) is 1.96. The Bertz CT molecular complexity index is 487. The van der Waals surface area contributed by atoms with E-state index in [9.17, 15) is 8.42 Å². The molecule has 0 aliphatic carbocycles. The van der Waals surface area contributed by atoms with Gasteiger partial charge in [-0.1, -0.05) is 15.9 Å². The van der Waals surface area contributed by atoms with E-state index >= 15 is 0 Å². The summed E-state index contributed by atoms with van der Waals surface area (Å²) in [4.78, 5) is 0. The van der Waals surface area contributed by atoms with Crippen LogP contribution in [-0.2, 0) is 10.0 Å². The molecule has 1 aliphatic heterocycles. The first-order chi connectivity index (χ1) is 7.00. The van der Waals surface area contributed by atoms with Crippen molar-refractivity contribution in [2.24, 2.45) is 0 Å².